The summed E-state index contributed by atoms with van der Waals surface area (Å²) in [5, 5.41) is 0. The lowest BCUT2D eigenvalue weighted by Crippen LogP contribution is -2.45. The maximum atomic E-state index is 12.6. The van der Waals surface area contributed by atoms with Gasteiger partial charge in [0, 0.05) is 13.1 Å². The molecule has 0 atom stereocenters. The first-order valence-corrected chi connectivity index (χ1v) is 13.7. The molecule has 4 heteroatoms. The quantitative estimate of drug-likeness (QED) is 0.373. The molecule has 0 spiro atoms. The minimum atomic E-state index is -3.14. The third-order valence-electron chi connectivity index (χ3n) is 7.86. The van der Waals surface area contributed by atoms with Crippen molar-refractivity contribution in [1.82, 2.24) is 4.31 Å². The first-order valence-electron chi connectivity index (χ1n) is 12.0. The van der Waals surface area contributed by atoms with Gasteiger partial charge in [-0.25, -0.2) is 8.42 Å². The van der Waals surface area contributed by atoms with Crippen molar-refractivity contribution >= 4 is 10.0 Å². The third-order valence-corrected chi connectivity index (χ3v) is 9.71. The van der Waals surface area contributed by atoms with Crippen LogP contribution in [0.1, 0.15) is 85.5 Å². The van der Waals surface area contributed by atoms with E-state index in [1.165, 1.54) is 49.7 Å². The second-order valence-electron chi connectivity index (χ2n) is 10.4. The zero-order chi connectivity index (χ0) is 21.0. The molecule has 4 saturated carbocycles. The molecule has 0 aromatic heterocycles. The summed E-state index contributed by atoms with van der Waals surface area (Å²) in [7, 11) is -3.14. The van der Waals surface area contributed by atoms with E-state index in [1.54, 1.807) is 11.2 Å². The van der Waals surface area contributed by atoms with Crippen LogP contribution in [0.5, 0.6) is 0 Å². The Hall–Kier alpha value is -0.610. The predicted octanol–water partition coefficient (Wildman–Crippen LogP) is 6.18. The summed E-state index contributed by atoms with van der Waals surface area (Å²) < 4.78 is 27.0. The van der Waals surface area contributed by atoms with E-state index in [-0.39, 0.29) is 5.75 Å². The maximum absolute atomic E-state index is 12.6. The molecule has 29 heavy (non-hydrogen) atoms. The summed E-state index contributed by atoms with van der Waals surface area (Å²) in [4.78, 5) is 0. The van der Waals surface area contributed by atoms with Crippen molar-refractivity contribution in [2.75, 3.05) is 18.8 Å². The Balaban J connectivity index is 1.51. The molecule has 3 nitrogen and oxygen atoms in total. The van der Waals surface area contributed by atoms with E-state index < -0.39 is 10.0 Å². The summed E-state index contributed by atoms with van der Waals surface area (Å²) in [5.74, 6) is 5.00. The van der Waals surface area contributed by atoms with Gasteiger partial charge in [-0.05, 0) is 115 Å². The summed E-state index contributed by atoms with van der Waals surface area (Å²) in [6.07, 6.45) is 16.0. The van der Waals surface area contributed by atoms with E-state index in [9.17, 15) is 8.42 Å². The number of hydrogen-bond acceptors (Lipinski definition) is 2. The van der Waals surface area contributed by atoms with Crippen LogP contribution in [-0.4, -0.2) is 31.6 Å². The molecule has 0 amide bonds. The summed E-state index contributed by atoms with van der Waals surface area (Å²) in [5.41, 5.74) is 2.64. The second-order valence-corrected chi connectivity index (χ2v) is 12.6. The first kappa shape index (κ1) is 23.1. The lowest BCUT2D eigenvalue weighted by molar-refractivity contribution is -0.0405. The molecule has 0 unspecified atom stereocenters. The van der Waals surface area contributed by atoms with Gasteiger partial charge in [0.05, 0.1) is 5.75 Å². The van der Waals surface area contributed by atoms with Gasteiger partial charge in [-0.3, -0.25) is 0 Å². The average molecular weight is 422 g/mol. The Morgan fingerprint density at radius 2 is 1.59 bits per heavy atom. The zero-order valence-electron chi connectivity index (χ0n) is 19.2. The number of sulfonamides is 1. The van der Waals surface area contributed by atoms with Crippen molar-refractivity contribution in [3.05, 3.63) is 23.3 Å². The van der Waals surface area contributed by atoms with E-state index in [2.05, 4.69) is 32.9 Å². The van der Waals surface area contributed by atoms with Crippen LogP contribution in [0, 0.1) is 29.6 Å². The summed E-state index contributed by atoms with van der Waals surface area (Å²) in [6.45, 7) is 9.38. The average Bonchev–Trinajstić information content (AvgIpc) is 2.65. The molecule has 4 fully saturated rings. The molecule has 0 aromatic carbocycles. The zero-order valence-corrected chi connectivity index (χ0v) is 20.0. The lowest BCUT2D eigenvalue weighted by Gasteiger charge is -2.54. The highest BCUT2D eigenvalue weighted by Crippen LogP contribution is 2.57. The van der Waals surface area contributed by atoms with Gasteiger partial charge in [0.25, 0.3) is 0 Å². The van der Waals surface area contributed by atoms with E-state index in [1.807, 2.05) is 0 Å². The van der Waals surface area contributed by atoms with Crippen LogP contribution >= 0.6 is 0 Å². The van der Waals surface area contributed by atoms with Gasteiger partial charge in [-0.15, -0.1) is 0 Å². The molecule has 4 bridgehead atoms. The minimum absolute atomic E-state index is 0.204. The Bertz CT molecular complexity index is 674. The highest BCUT2D eigenvalue weighted by atomic mass is 32.2. The maximum Gasteiger partial charge on any atom is 0.214 e. The molecule has 0 heterocycles. The minimum Gasteiger partial charge on any atom is -0.212 e. The second kappa shape index (κ2) is 10.1. The van der Waals surface area contributed by atoms with Gasteiger partial charge >= 0.3 is 0 Å². The van der Waals surface area contributed by atoms with Gasteiger partial charge in [-0.1, -0.05) is 23.3 Å². The fourth-order valence-electron chi connectivity index (χ4n) is 6.49. The molecule has 4 aliphatic carbocycles. The van der Waals surface area contributed by atoms with E-state index >= 15 is 0 Å². The van der Waals surface area contributed by atoms with Crippen LogP contribution in [0.15, 0.2) is 23.3 Å². The third kappa shape index (κ3) is 6.19. The number of allylic oxidation sites excluding steroid dienone is 3. The Labute approximate surface area is 180 Å². The van der Waals surface area contributed by atoms with E-state index in [0.29, 0.717) is 13.1 Å². The van der Waals surface area contributed by atoms with Gasteiger partial charge in [0.15, 0.2) is 0 Å². The number of rotatable bonds is 11. The van der Waals surface area contributed by atoms with Crippen LogP contribution in [-0.2, 0) is 10.0 Å². The lowest BCUT2D eigenvalue weighted by atomic mass is 9.51. The van der Waals surface area contributed by atoms with E-state index in [4.69, 9.17) is 0 Å². The van der Waals surface area contributed by atoms with Gasteiger partial charge in [0.2, 0.25) is 10.0 Å². The molecule has 0 saturated heterocycles. The molecule has 166 valence electrons. The van der Waals surface area contributed by atoms with Crippen LogP contribution < -0.4 is 0 Å². The van der Waals surface area contributed by atoms with Crippen LogP contribution in [0.3, 0.4) is 0 Å². The van der Waals surface area contributed by atoms with Crippen molar-refractivity contribution in [2.24, 2.45) is 29.6 Å². The van der Waals surface area contributed by atoms with E-state index in [0.717, 1.165) is 48.9 Å². The molecule has 0 aromatic rings. The van der Waals surface area contributed by atoms with Gasteiger partial charge < -0.3 is 0 Å². The molecular formula is C25H43NO2S. The number of nitrogens with zero attached hydrogens (tertiary/aromatic N) is 1. The van der Waals surface area contributed by atoms with Crippen LogP contribution in [0.25, 0.3) is 0 Å². The highest BCUT2D eigenvalue weighted by molar-refractivity contribution is 7.89. The van der Waals surface area contributed by atoms with Crippen LogP contribution in [0.2, 0.25) is 0 Å². The summed E-state index contributed by atoms with van der Waals surface area (Å²) >= 11 is 0. The van der Waals surface area contributed by atoms with Gasteiger partial charge in [-0.2, -0.15) is 4.31 Å². The summed E-state index contributed by atoms with van der Waals surface area (Å²) in [6, 6.07) is 0. The Morgan fingerprint density at radius 1 is 0.966 bits per heavy atom. The van der Waals surface area contributed by atoms with Crippen LogP contribution in [0.4, 0.5) is 0 Å². The van der Waals surface area contributed by atoms with Crippen molar-refractivity contribution in [3.8, 4) is 0 Å². The highest BCUT2D eigenvalue weighted by Gasteiger charge is 2.47. The predicted molar refractivity (Wildman–Crippen MR) is 123 cm³/mol. The first-order chi connectivity index (χ1) is 13.8. The number of hydrogen-bond donors (Lipinski definition) is 0. The normalized spacial score (nSPS) is 31.5. The fraction of sp³-hybridized carbons (Fsp3) is 0.840. The molecule has 4 rings (SSSR count). The Kier molecular flexibility index (Phi) is 8.06. The molecule has 0 radical (unpaired) electrons. The largest absolute Gasteiger partial charge is 0.214 e. The van der Waals surface area contributed by atoms with Crippen molar-refractivity contribution in [3.63, 3.8) is 0 Å². The monoisotopic (exact) mass is 421 g/mol. The molecule has 0 aliphatic heterocycles. The van der Waals surface area contributed by atoms with Crippen molar-refractivity contribution in [1.29, 1.82) is 0 Å². The smallest absolute Gasteiger partial charge is 0.212 e. The standard InChI is InChI=1S/C25H43NO2S/c1-5-29(27,28)26(13-11-20(4)9-6-8-19(2)3)12-7-10-25-23-15-21-14-22(17-23)18-24(25)16-21/h8,11,21-25H,5-7,9-10,12-18H2,1-4H3/b20-11+. The molecule has 4 aliphatic rings. The van der Waals surface area contributed by atoms with Crippen molar-refractivity contribution in [2.45, 2.75) is 85.5 Å². The fourth-order valence-corrected chi connectivity index (χ4v) is 7.56. The topological polar surface area (TPSA) is 37.4 Å². The SMILES string of the molecule is CCS(=O)(=O)N(C/C=C(\C)CCC=C(C)C)CCCC1C2CC3CC(C2)CC1C3. The molecular weight excluding hydrogens is 378 g/mol. The van der Waals surface area contributed by atoms with Gasteiger partial charge in [0.1, 0.15) is 0 Å². The Morgan fingerprint density at radius 3 is 2.14 bits per heavy atom. The molecule has 0 N–H and O–H groups in total. The van der Waals surface area contributed by atoms with Crippen molar-refractivity contribution < 1.29 is 8.42 Å².